The number of hydrogen-bond acceptors (Lipinski definition) is 5. The van der Waals surface area contributed by atoms with Crippen molar-refractivity contribution in [1.82, 2.24) is 24.6 Å². The molecule has 1 unspecified atom stereocenters. The zero-order valence-corrected chi connectivity index (χ0v) is 21.7. The van der Waals surface area contributed by atoms with E-state index in [1.165, 1.54) is 6.33 Å². The van der Waals surface area contributed by atoms with Crippen molar-refractivity contribution in [3.63, 3.8) is 0 Å². The number of hydrogen-bond donors (Lipinski definition) is 1. The van der Waals surface area contributed by atoms with Crippen LogP contribution in [0.2, 0.25) is 0 Å². The molecule has 9 heteroatoms. The van der Waals surface area contributed by atoms with Crippen LogP contribution in [0.5, 0.6) is 0 Å². The van der Waals surface area contributed by atoms with Crippen LogP contribution in [-0.4, -0.2) is 38.5 Å². The molecule has 0 fully saturated rings. The van der Waals surface area contributed by atoms with E-state index in [4.69, 9.17) is 4.74 Å². The molecule has 1 N–H and O–H groups in total. The second-order valence-corrected chi connectivity index (χ2v) is 7.57. The van der Waals surface area contributed by atoms with Crippen molar-refractivity contribution in [3.05, 3.63) is 54.7 Å². The summed E-state index contributed by atoms with van der Waals surface area (Å²) in [5, 5.41) is 2.97. The molecule has 0 spiro atoms. The number of aromatic nitrogens is 4. The molecule has 2 aromatic heterocycles. The number of rotatable bonds is 8. The van der Waals surface area contributed by atoms with Gasteiger partial charge in [-0.05, 0) is 20.3 Å². The predicted octanol–water partition coefficient (Wildman–Crippen LogP) is 3.46. The SMILES string of the molecule is CCCN[PH](=O)CO[C@H](C)Cn1cnc2c(C)ncnc21.[U].[c-]1ccccc1. The standard InChI is InChI=1S/C13H22N5O2P.C6H5.U/c1-4-5-17-21(19)9-20-10(2)6-18-8-16-12-11(3)14-7-15-13(12)18;1-2-4-6-5-3-1;/h7-8,10,21H,4-6,9H2,1-3H3,(H,17,19);1-5H;/q;-1;/t10-;;/m1../s1. The number of nitrogens with zero attached hydrogens (tertiary/aromatic N) is 4. The van der Waals surface area contributed by atoms with Crippen molar-refractivity contribution >= 4 is 19.1 Å². The van der Waals surface area contributed by atoms with Gasteiger partial charge in [0.2, 0.25) is 0 Å². The molecule has 0 aliphatic carbocycles. The Morgan fingerprint density at radius 3 is 2.61 bits per heavy atom. The zero-order valence-electron chi connectivity index (χ0n) is 16.6. The maximum Gasteiger partial charge on any atom is 0.163 e. The molecule has 3 aromatic rings. The first-order valence-electron chi connectivity index (χ1n) is 9.03. The van der Waals surface area contributed by atoms with E-state index in [9.17, 15) is 4.57 Å². The van der Waals surface area contributed by atoms with Crippen molar-refractivity contribution in [2.24, 2.45) is 0 Å². The molecule has 28 heavy (non-hydrogen) atoms. The summed E-state index contributed by atoms with van der Waals surface area (Å²) in [5.41, 5.74) is 2.47. The maximum atomic E-state index is 11.7. The Hall–Kier alpha value is -1.03. The van der Waals surface area contributed by atoms with Gasteiger partial charge in [-0.2, -0.15) is 36.4 Å². The normalized spacial score (nSPS) is 12.5. The third-order valence-corrected chi connectivity index (χ3v) is 4.79. The van der Waals surface area contributed by atoms with Gasteiger partial charge >= 0.3 is 0 Å². The molecule has 0 bridgehead atoms. The number of imidazole rings is 1. The first kappa shape index (κ1) is 25.0. The largest absolute Gasteiger partial charge is 0.368 e. The van der Waals surface area contributed by atoms with Crippen molar-refractivity contribution in [3.8, 4) is 0 Å². The Balaban J connectivity index is 0.000000478. The molecule has 0 aliphatic rings. The third-order valence-electron chi connectivity index (χ3n) is 3.72. The van der Waals surface area contributed by atoms with Crippen molar-refractivity contribution in [1.29, 1.82) is 0 Å². The molecule has 0 amide bonds. The van der Waals surface area contributed by atoms with Gasteiger partial charge in [0.25, 0.3) is 0 Å². The topological polar surface area (TPSA) is 81.9 Å². The minimum absolute atomic E-state index is 0. The molecular weight excluding hydrogens is 599 g/mol. The molecule has 2 heterocycles. The summed E-state index contributed by atoms with van der Waals surface area (Å²) >= 11 is 0. The maximum absolute atomic E-state index is 11.7. The van der Waals surface area contributed by atoms with E-state index in [0.717, 1.165) is 29.8 Å². The van der Waals surface area contributed by atoms with Gasteiger partial charge in [0.15, 0.2) is 13.6 Å². The summed E-state index contributed by atoms with van der Waals surface area (Å²) < 4.78 is 19.2. The summed E-state index contributed by atoms with van der Waals surface area (Å²) in [7, 11) is -1.85. The first-order chi connectivity index (χ1) is 13.1. The second kappa shape index (κ2) is 14.0. The van der Waals surface area contributed by atoms with Crippen LogP contribution in [0.25, 0.3) is 11.2 Å². The summed E-state index contributed by atoms with van der Waals surface area (Å²) in [4.78, 5) is 12.7. The summed E-state index contributed by atoms with van der Waals surface area (Å²) in [6.07, 6.45) is 4.44. The average Bonchev–Trinajstić information content (AvgIpc) is 3.11. The van der Waals surface area contributed by atoms with Crippen LogP contribution in [0.3, 0.4) is 0 Å². The van der Waals surface area contributed by atoms with Gasteiger partial charge in [-0.15, -0.1) is 0 Å². The molecule has 0 saturated heterocycles. The second-order valence-electron chi connectivity index (χ2n) is 6.08. The molecule has 0 saturated carbocycles. The van der Waals surface area contributed by atoms with Gasteiger partial charge in [0.05, 0.1) is 24.7 Å². The monoisotopic (exact) mass is 626 g/mol. The average molecular weight is 626 g/mol. The summed E-state index contributed by atoms with van der Waals surface area (Å²) in [5.74, 6) is 0. The van der Waals surface area contributed by atoms with E-state index in [1.54, 1.807) is 6.33 Å². The quantitative estimate of drug-likeness (QED) is 0.305. The number of fused-ring (bicyclic) bond motifs is 1. The Kier molecular flexibility index (Phi) is 12.5. The minimum Gasteiger partial charge on any atom is -0.368 e. The number of nitrogens with one attached hydrogen (secondary N) is 1. The van der Waals surface area contributed by atoms with Gasteiger partial charge < -0.3 is 13.9 Å². The molecule has 2 atom stereocenters. The molecule has 150 valence electrons. The van der Waals surface area contributed by atoms with Gasteiger partial charge in [0, 0.05) is 37.7 Å². The first-order valence-corrected chi connectivity index (χ1v) is 10.6. The van der Waals surface area contributed by atoms with Crippen LogP contribution in [0, 0.1) is 44.1 Å². The van der Waals surface area contributed by atoms with Crippen molar-refractivity contribution < 1.29 is 40.4 Å². The third kappa shape index (κ3) is 8.55. The molecule has 1 aromatic carbocycles. The van der Waals surface area contributed by atoms with E-state index < -0.39 is 7.95 Å². The minimum atomic E-state index is -1.85. The molecule has 0 aliphatic heterocycles. The number of aryl methyl sites for hydroxylation is 1. The predicted molar refractivity (Wildman–Crippen MR) is 108 cm³/mol. The van der Waals surface area contributed by atoms with Gasteiger partial charge in [-0.1, -0.05) is 6.92 Å². The van der Waals surface area contributed by atoms with Crippen molar-refractivity contribution in [2.45, 2.75) is 39.8 Å². The van der Waals surface area contributed by atoms with E-state index in [-0.39, 0.29) is 43.6 Å². The molecule has 7 nitrogen and oxygen atoms in total. The fourth-order valence-electron chi connectivity index (χ4n) is 2.34. The van der Waals surface area contributed by atoms with Crippen LogP contribution < -0.4 is 5.09 Å². The Morgan fingerprint density at radius 1 is 1.25 bits per heavy atom. The fraction of sp³-hybridized carbons (Fsp3) is 0.421. The summed E-state index contributed by atoms with van der Waals surface area (Å²) in [6.45, 7) is 7.29. The number of benzene rings is 1. The molecule has 0 radical (unpaired) electrons. The van der Waals surface area contributed by atoms with E-state index in [1.807, 2.05) is 55.7 Å². The zero-order chi connectivity index (χ0) is 19.5. The van der Waals surface area contributed by atoms with Gasteiger partial charge in [-0.25, -0.2) is 15.0 Å². The summed E-state index contributed by atoms with van der Waals surface area (Å²) in [6, 6.07) is 12.5. The van der Waals surface area contributed by atoms with Crippen LogP contribution in [0.15, 0.2) is 43.0 Å². The van der Waals surface area contributed by atoms with E-state index >= 15 is 0 Å². The Labute approximate surface area is 190 Å². The van der Waals surface area contributed by atoms with E-state index in [0.29, 0.717) is 6.54 Å². The smallest absolute Gasteiger partial charge is 0.163 e. The Bertz CT molecular complexity index is 805. The van der Waals surface area contributed by atoms with Gasteiger partial charge in [-0.3, -0.25) is 5.09 Å². The van der Waals surface area contributed by atoms with Gasteiger partial charge in [0.1, 0.15) is 18.2 Å². The molecular formula is C19H27N5O2PU-. The van der Waals surface area contributed by atoms with Crippen molar-refractivity contribution in [2.75, 3.05) is 12.9 Å². The van der Waals surface area contributed by atoms with E-state index in [2.05, 4.69) is 26.1 Å². The van der Waals surface area contributed by atoms with Crippen LogP contribution in [0.1, 0.15) is 26.0 Å². The molecule has 3 rings (SSSR count). The van der Waals surface area contributed by atoms with Crippen LogP contribution >= 0.6 is 7.95 Å². The van der Waals surface area contributed by atoms with Crippen LogP contribution in [-0.2, 0) is 15.8 Å². The number of ether oxygens (including phenoxy) is 1. The Morgan fingerprint density at radius 2 is 2.00 bits per heavy atom. The van der Waals surface area contributed by atoms with Crippen LogP contribution in [0.4, 0.5) is 0 Å². The fourth-order valence-corrected chi connectivity index (χ4v) is 3.40.